The molecule has 2 aromatic heterocycles. The molecule has 1 amide bonds. The molecule has 1 aliphatic rings. The number of pyridine rings is 1. The van der Waals surface area contributed by atoms with Crippen LogP contribution in [0.15, 0.2) is 72.8 Å². The molecule has 0 bridgehead atoms. The summed E-state index contributed by atoms with van der Waals surface area (Å²) in [7, 11) is 0. The molecule has 3 N–H and O–H groups in total. The van der Waals surface area contributed by atoms with Crippen LogP contribution in [0.5, 0.6) is 11.5 Å². The highest BCUT2D eigenvalue weighted by Crippen LogP contribution is 2.36. The number of hydrogen-bond acceptors (Lipinski definition) is 6. The number of fused-ring (bicyclic) bond motifs is 2. The number of aromatic nitrogens is 2. The number of nitrogens with zero attached hydrogens (tertiary/aromatic N) is 2. The van der Waals surface area contributed by atoms with Gasteiger partial charge in [-0.2, -0.15) is 0 Å². The lowest BCUT2D eigenvalue weighted by Crippen LogP contribution is -2.15. The van der Waals surface area contributed by atoms with E-state index in [2.05, 4.69) is 17.4 Å². The van der Waals surface area contributed by atoms with Gasteiger partial charge in [0, 0.05) is 23.5 Å². The van der Waals surface area contributed by atoms with E-state index in [0.717, 1.165) is 41.4 Å². The summed E-state index contributed by atoms with van der Waals surface area (Å²) in [6.07, 6.45) is 4.45. The van der Waals surface area contributed by atoms with Crippen LogP contribution >= 0.6 is 0 Å². The molecule has 0 radical (unpaired) electrons. The van der Waals surface area contributed by atoms with Crippen LogP contribution in [0, 0.1) is 0 Å². The molecule has 0 spiro atoms. The fraction of sp³-hybridized carbons (Fsp3) is 0.120. The number of ether oxygens (including phenoxy) is 2. The van der Waals surface area contributed by atoms with E-state index in [1.165, 1.54) is 11.6 Å². The lowest BCUT2D eigenvalue weighted by Gasteiger charge is -2.11. The molecule has 8 nitrogen and oxygen atoms in total. The van der Waals surface area contributed by atoms with Gasteiger partial charge < -0.3 is 14.8 Å². The van der Waals surface area contributed by atoms with Gasteiger partial charge in [0.05, 0.1) is 5.69 Å². The van der Waals surface area contributed by atoms with Crippen LogP contribution in [0.25, 0.3) is 11.7 Å². The third kappa shape index (κ3) is 4.37. The van der Waals surface area contributed by atoms with Crippen molar-refractivity contribution in [3.8, 4) is 11.5 Å². The summed E-state index contributed by atoms with van der Waals surface area (Å²) in [5.41, 5.74) is 6.04. The minimum absolute atomic E-state index is 0.207. The van der Waals surface area contributed by atoms with E-state index in [-0.39, 0.29) is 6.79 Å². The summed E-state index contributed by atoms with van der Waals surface area (Å²) in [6, 6.07) is 21.6. The van der Waals surface area contributed by atoms with Crippen LogP contribution < -0.4 is 20.3 Å². The number of rotatable bonds is 7. The Morgan fingerprint density at radius 3 is 2.73 bits per heavy atom. The number of amides is 1. The first-order chi connectivity index (χ1) is 16.2. The fourth-order valence-electron chi connectivity index (χ4n) is 3.81. The Morgan fingerprint density at radius 2 is 1.88 bits per heavy atom. The van der Waals surface area contributed by atoms with E-state index in [9.17, 15) is 4.79 Å². The number of imidazole rings is 1. The smallest absolute Gasteiger partial charge is 0.267 e. The molecular weight excluding hydrogens is 420 g/mol. The molecule has 166 valence electrons. The molecule has 5 rings (SSSR count). The van der Waals surface area contributed by atoms with Crippen molar-refractivity contribution in [3.63, 3.8) is 0 Å². The quantitative estimate of drug-likeness (QED) is 0.226. The van der Waals surface area contributed by atoms with E-state index in [0.29, 0.717) is 11.5 Å². The van der Waals surface area contributed by atoms with Gasteiger partial charge in [0.1, 0.15) is 11.5 Å². The second-order valence-electron chi connectivity index (χ2n) is 7.54. The minimum atomic E-state index is -0.610. The number of carbonyl (C=O) groups excluding carboxylic acids is 1. The monoisotopic (exact) mass is 442 g/mol. The van der Waals surface area contributed by atoms with Gasteiger partial charge in [-0.25, -0.2) is 10.5 Å². The van der Waals surface area contributed by atoms with Crippen LogP contribution in [0.1, 0.15) is 17.0 Å². The average Bonchev–Trinajstić information content (AvgIpc) is 3.46. The minimum Gasteiger partial charge on any atom is -0.454 e. The summed E-state index contributed by atoms with van der Waals surface area (Å²) in [5.74, 6) is 1.58. The Labute approximate surface area is 190 Å². The topological polar surface area (TPSA) is 97.1 Å². The standard InChI is InChI=1S/C25H22N4O4/c30-24(28-31)14-11-19-7-4-8-23-27-20(12-9-17-5-2-1-3-6-17)25(29(19)23)26-18-10-13-21-22(15-18)33-16-32-21/h1-8,10-11,13-15,26,31H,9,12,16H2,(H,28,30). The molecule has 3 heterocycles. The van der Waals surface area contributed by atoms with Crippen molar-refractivity contribution in [3.05, 3.63) is 89.8 Å². The maximum Gasteiger partial charge on any atom is 0.267 e. The number of aryl methyl sites for hydroxylation is 2. The number of anilines is 2. The van der Waals surface area contributed by atoms with E-state index in [4.69, 9.17) is 19.7 Å². The molecule has 0 saturated heterocycles. The maximum atomic E-state index is 11.6. The Morgan fingerprint density at radius 1 is 1.03 bits per heavy atom. The zero-order valence-corrected chi connectivity index (χ0v) is 17.7. The summed E-state index contributed by atoms with van der Waals surface area (Å²) < 4.78 is 12.9. The Hall–Kier alpha value is -4.30. The highest BCUT2D eigenvalue weighted by atomic mass is 16.7. The molecule has 1 aliphatic heterocycles. The molecule has 4 aromatic rings. The largest absolute Gasteiger partial charge is 0.454 e. The predicted octanol–water partition coefficient (Wildman–Crippen LogP) is 4.11. The van der Waals surface area contributed by atoms with Crippen LogP contribution in [-0.2, 0) is 17.6 Å². The van der Waals surface area contributed by atoms with Crippen LogP contribution in [-0.4, -0.2) is 27.3 Å². The lowest BCUT2D eigenvalue weighted by atomic mass is 10.1. The number of hydrogen-bond donors (Lipinski definition) is 3. The van der Waals surface area contributed by atoms with Crippen LogP contribution in [0.2, 0.25) is 0 Å². The molecular formula is C25H22N4O4. The van der Waals surface area contributed by atoms with Gasteiger partial charge in [0.15, 0.2) is 11.5 Å². The molecule has 0 aliphatic carbocycles. The van der Waals surface area contributed by atoms with Gasteiger partial charge in [-0.05, 0) is 48.7 Å². The zero-order chi connectivity index (χ0) is 22.6. The van der Waals surface area contributed by atoms with E-state index in [1.54, 1.807) is 11.6 Å². The fourth-order valence-corrected chi connectivity index (χ4v) is 3.81. The van der Waals surface area contributed by atoms with Gasteiger partial charge in [-0.3, -0.25) is 14.4 Å². The second kappa shape index (κ2) is 9.05. The lowest BCUT2D eigenvalue weighted by molar-refractivity contribution is -0.124. The van der Waals surface area contributed by atoms with Gasteiger partial charge >= 0.3 is 0 Å². The molecule has 0 saturated carbocycles. The Balaban J connectivity index is 1.56. The maximum absolute atomic E-state index is 11.6. The van der Waals surface area contributed by atoms with Crippen molar-refractivity contribution in [2.75, 3.05) is 12.1 Å². The number of nitrogens with one attached hydrogen (secondary N) is 2. The van der Waals surface area contributed by atoms with Crippen molar-refractivity contribution in [1.82, 2.24) is 14.9 Å². The van der Waals surface area contributed by atoms with Crippen molar-refractivity contribution in [1.29, 1.82) is 0 Å². The Bertz CT molecular complexity index is 1330. The molecule has 33 heavy (non-hydrogen) atoms. The summed E-state index contributed by atoms with van der Waals surface area (Å²) in [4.78, 5) is 16.4. The first kappa shape index (κ1) is 20.6. The normalized spacial score (nSPS) is 12.4. The van der Waals surface area contributed by atoms with E-state index >= 15 is 0 Å². The van der Waals surface area contributed by atoms with Gasteiger partial charge in [0.2, 0.25) is 6.79 Å². The zero-order valence-electron chi connectivity index (χ0n) is 17.7. The van der Waals surface area contributed by atoms with Crippen molar-refractivity contribution < 1.29 is 19.5 Å². The van der Waals surface area contributed by atoms with Gasteiger partial charge in [-0.15, -0.1) is 0 Å². The summed E-state index contributed by atoms with van der Waals surface area (Å²) in [5, 5.41) is 12.3. The SMILES string of the molecule is O=C(C=Cc1cccc2nc(CCc3ccccc3)c(Nc3ccc4c(c3)OCO4)n12)NO. The van der Waals surface area contributed by atoms with Crippen molar-refractivity contribution in [2.45, 2.75) is 12.8 Å². The van der Waals surface area contributed by atoms with Gasteiger partial charge in [-0.1, -0.05) is 36.4 Å². The number of hydroxylamine groups is 1. The van der Waals surface area contributed by atoms with E-state index in [1.807, 2.05) is 59.0 Å². The third-order valence-corrected chi connectivity index (χ3v) is 5.39. The summed E-state index contributed by atoms with van der Waals surface area (Å²) in [6.45, 7) is 0.207. The van der Waals surface area contributed by atoms with Crippen LogP contribution in [0.4, 0.5) is 11.5 Å². The van der Waals surface area contributed by atoms with Crippen LogP contribution in [0.3, 0.4) is 0 Å². The number of carbonyl (C=O) groups is 1. The number of benzene rings is 2. The highest BCUT2D eigenvalue weighted by Gasteiger charge is 2.17. The average molecular weight is 442 g/mol. The summed E-state index contributed by atoms with van der Waals surface area (Å²) >= 11 is 0. The van der Waals surface area contributed by atoms with Crippen molar-refractivity contribution in [2.24, 2.45) is 0 Å². The molecule has 8 heteroatoms. The Kier molecular flexibility index (Phi) is 5.65. The highest BCUT2D eigenvalue weighted by molar-refractivity contribution is 5.90. The van der Waals surface area contributed by atoms with Crippen molar-refractivity contribution >= 4 is 29.1 Å². The first-order valence-electron chi connectivity index (χ1n) is 10.5. The molecule has 0 atom stereocenters. The molecule has 0 fully saturated rings. The predicted molar refractivity (Wildman–Crippen MR) is 124 cm³/mol. The van der Waals surface area contributed by atoms with E-state index < -0.39 is 5.91 Å². The third-order valence-electron chi connectivity index (χ3n) is 5.39. The van der Waals surface area contributed by atoms with Gasteiger partial charge in [0.25, 0.3) is 5.91 Å². The molecule has 2 aromatic carbocycles. The molecule has 0 unspecified atom stereocenters. The second-order valence-corrected chi connectivity index (χ2v) is 7.54. The first-order valence-corrected chi connectivity index (χ1v) is 10.5.